The molecular formula is C32H36N4O5. The number of amides is 1. The van der Waals surface area contributed by atoms with E-state index in [-0.39, 0.29) is 31.1 Å². The number of aromatic amines is 1. The molecule has 1 amide bonds. The molecule has 0 saturated carbocycles. The summed E-state index contributed by atoms with van der Waals surface area (Å²) in [5, 5.41) is 17.1. The number of nitrogen functional groups attached to an aromatic ring is 1. The topological polar surface area (TPSA) is 147 Å². The van der Waals surface area contributed by atoms with Crippen molar-refractivity contribution in [3.05, 3.63) is 105 Å². The second-order valence-electron chi connectivity index (χ2n) is 10.0. The fraction of sp³-hybridized carbons (Fsp3) is 0.281. The zero-order chi connectivity index (χ0) is 29.5. The maximum absolute atomic E-state index is 14.1. The summed E-state index contributed by atoms with van der Waals surface area (Å²) in [6.45, 7) is 5.86. The molecule has 9 heteroatoms. The molecule has 0 radical (unpaired) electrons. The Bertz CT molecular complexity index is 1590. The third-order valence-corrected chi connectivity index (χ3v) is 7.07. The SMILES string of the molecule is CCOC(=O)C[C@@H](NC(=O)C(Nc1ccc2cc[nH]c(=O)c2c1)c1cc(C)c(CCO)c(C)c1)c1cccc(N)c1. The number of aryl methyl sites for hydroxylation is 2. The summed E-state index contributed by atoms with van der Waals surface area (Å²) in [5.41, 5.74) is 11.2. The number of pyridine rings is 1. The fourth-order valence-electron chi connectivity index (χ4n) is 5.11. The van der Waals surface area contributed by atoms with Gasteiger partial charge in [0.15, 0.2) is 0 Å². The highest BCUT2D eigenvalue weighted by Gasteiger charge is 2.27. The molecule has 0 fully saturated rings. The van der Waals surface area contributed by atoms with Crippen molar-refractivity contribution in [2.75, 3.05) is 24.3 Å². The molecule has 1 heterocycles. The lowest BCUT2D eigenvalue weighted by atomic mass is 9.93. The second kappa shape index (κ2) is 13.1. The summed E-state index contributed by atoms with van der Waals surface area (Å²) in [5.74, 6) is -0.823. The molecule has 0 spiro atoms. The summed E-state index contributed by atoms with van der Waals surface area (Å²) < 4.78 is 5.18. The highest BCUT2D eigenvalue weighted by Crippen LogP contribution is 2.28. The van der Waals surface area contributed by atoms with E-state index in [9.17, 15) is 19.5 Å². The number of esters is 1. The first-order chi connectivity index (χ1) is 19.7. The Morgan fingerprint density at radius 3 is 2.46 bits per heavy atom. The van der Waals surface area contributed by atoms with Gasteiger partial charge in [0.2, 0.25) is 5.91 Å². The summed E-state index contributed by atoms with van der Waals surface area (Å²) in [7, 11) is 0. The third kappa shape index (κ3) is 7.12. The highest BCUT2D eigenvalue weighted by molar-refractivity contribution is 5.89. The molecule has 1 aromatic heterocycles. The van der Waals surface area contributed by atoms with Crippen LogP contribution in [0.5, 0.6) is 0 Å². The lowest BCUT2D eigenvalue weighted by Crippen LogP contribution is -2.37. The summed E-state index contributed by atoms with van der Waals surface area (Å²) in [6.07, 6.45) is 2.02. The van der Waals surface area contributed by atoms with Gasteiger partial charge in [-0.15, -0.1) is 0 Å². The number of aliphatic hydroxyl groups is 1. The van der Waals surface area contributed by atoms with E-state index >= 15 is 0 Å². The Morgan fingerprint density at radius 1 is 1.02 bits per heavy atom. The summed E-state index contributed by atoms with van der Waals surface area (Å²) >= 11 is 0. The predicted octanol–water partition coefficient (Wildman–Crippen LogP) is 4.23. The van der Waals surface area contributed by atoms with Crippen molar-refractivity contribution in [2.45, 2.75) is 45.7 Å². The number of carbonyl (C=O) groups excluding carboxylic acids is 2. The monoisotopic (exact) mass is 556 g/mol. The number of H-pyrrole nitrogens is 1. The fourth-order valence-corrected chi connectivity index (χ4v) is 5.11. The number of rotatable bonds is 11. The number of hydrogen-bond acceptors (Lipinski definition) is 7. The van der Waals surface area contributed by atoms with Gasteiger partial charge in [0.05, 0.1) is 19.1 Å². The lowest BCUT2D eigenvalue weighted by molar-refractivity contribution is -0.143. The Hall–Kier alpha value is -4.63. The molecule has 41 heavy (non-hydrogen) atoms. The van der Waals surface area contributed by atoms with E-state index in [0.717, 1.165) is 22.1 Å². The molecule has 2 atom stereocenters. The number of aromatic nitrogens is 1. The van der Waals surface area contributed by atoms with Crippen molar-refractivity contribution in [1.82, 2.24) is 10.3 Å². The van der Waals surface area contributed by atoms with Crippen molar-refractivity contribution in [1.29, 1.82) is 0 Å². The van der Waals surface area contributed by atoms with Crippen LogP contribution >= 0.6 is 0 Å². The first-order valence-corrected chi connectivity index (χ1v) is 13.6. The van der Waals surface area contributed by atoms with Crippen LogP contribution in [0.1, 0.15) is 53.2 Å². The largest absolute Gasteiger partial charge is 0.466 e. The van der Waals surface area contributed by atoms with Crippen LogP contribution in [0.15, 0.2) is 71.7 Å². The van der Waals surface area contributed by atoms with E-state index in [1.807, 2.05) is 44.2 Å². The minimum Gasteiger partial charge on any atom is -0.466 e. The van der Waals surface area contributed by atoms with Crippen molar-refractivity contribution >= 4 is 34.0 Å². The maximum atomic E-state index is 14.1. The molecule has 0 saturated heterocycles. The van der Waals surface area contributed by atoms with Gasteiger partial charge in [-0.2, -0.15) is 0 Å². The molecule has 6 N–H and O–H groups in total. The minimum atomic E-state index is -0.874. The second-order valence-corrected chi connectivity index (χ2v) is 10.0. The van der Waals surface area contributed by atoms with Crippen LogP contribution in [0, 0.1) is 13.8 Å². The molecule has 1 unspecified atom stereocenters. The number of nitrogens with one attached hydrogen (secondary N) is 3. The molecule has 4 aromatic rings. The van der Waals surface area contributed by atoms with Gasteiger partial charge in [-0.1, -0.05) is 30.3 Å². The maximum Gasteiger partial charge on any atom is 0.308 e. The van der Waals surface area contributed by atoms with Gasteiger partial charge in [-0.25, -0.2) is 0 Å². The van der Waals surface area contributed by atoms with Gasteiger partial charge >= 0.3 is 5.97 Å². The standard InChI is InChI=1S/C32H36N4O5/c1-4-41-29(38)18-28(22-6-5-7-24(33)16-22)36-32(40)30(23-14-19(2)26(11-13-37)20(3)15-23)35-25-9-8-21-10-12-34-31(39)27(21)17-25/h5-10,12,14-17,28,30,35,37H,4,11,13,18,33H2,1-3H3,(H,34,39)(H,36,40)/t28-,30?/m1/s1. The van der Waals surface area contributed by atoms with Gasteiger partial charge in [0, 0.05) is 29.6 Å². The smallest absolute Gasteiger partial charge is 0.308 e. The van der Waals surface area contributed by atoms with Crippen molar-refractivity contribution in [3.63, 3.8) is 0 Å². The zero-order valence-corrected chi connectivity index (χ0v) is 23.5. The number of nitrogens with two attached hydrogens (primary N) is 1. The van der Waals surface area contributed by atoms with Crippen LogP contribution < -0.4 is 21.9 Å². The van der Waals surface area contributed by atoms with E-state index in [0.29, 0.717) is 34.3 Å². The van der Waals surface area contributed by atoms with Gasteiger partial charge < -0.3 is 31.2 Å². The normalized spacial score (nSPS) is 12.5. The van der Waals surface area contributed by atoms with Gasteiger partial charge in [0.25, 0.3) is 5.56 Å². The highest BCUT2D eigenvalue weighted by atomic mass is 16.5. The van der Waals surface area contributed by atoms with E-state index in [1.54, 1.807) is 43.5 Å². The molecule has 3 aromatic carbocycles. The van der Waals surface area contributed by atoms with Crippen LogP contribution in [0.4, 0.5) is 11.4 Å². The zero-order valence-electron chi connectivity index (χ0n) is 23.5. The van der Waals surface area contributed by atoms with E-state index in [2.05, 4.69) is 15.6 Å². The average molecular weight is 557 g/mol. The summed E-state index contributed by atoms with van der Waals surface area (Å²) in [6, 6.07) is 16.5. The van der Waals surface area contributed by atoms with Crippen molar-refractivity contribution in [2.24, 2.45) is 0 Å². The van der Waals surface area contributed by atoms with Crippen LogP contribution in [0.2, 0.25) is 0 Å². The predicted molar refractivity (Wildman–Crippen MR) is 161 cm³/mol. The Kier molecular flexibility index (Phi) is 9.41. The van der Waals surface area contributed by atoms with Crippen LogP contribution in [-0.2, 0) is 20.7 Å². The molecule has 214 valence electrons. The lowest BCUT2D eigenvalue weighted by Gasteiger charge is -2.26. The van der Waals surface area contributed by atoms with E-state index in [1.165, 1.54) is 0 Å². The van der Waals surface area contributed by atoms with Crippen LogP contribution in [0.3, 0.4) is 0 Å². The number of hydrogen-bond donors (Lipinski definition) is 5. The Balaban J connectivity index is 1.75. The first-order valence-electron chi connectivity index (χ1n) is 13.6. The number of aliphatic hydroxyl groups excluding tert-OH is 1. The molecule has 0 aliphatic rings. The number of fused-ring (bicyclic) bond motifs is 1. The number of anilines is 2. The van der Waals surface area contributed by atoms with Crippen molar-refractivity contribution in [3.8, 4) is 0 Å². The van der Waals surface area contributed by atoms with Crippen LogP contribution in [-0.4, -0.2) is 35.2 Å². The molecule has 0 aliphatic carbocycles. The first kappa shape index (κ1) is 29.4. The molecular weight excluding hydrogens is 520 g/mol. The van der Waals surface area contributed by atoms with Gasteiger partial charge in [-0.05, 0) is 90.7 Å². The third-order valence-electron chi connectivity index (χ3n) is 7.07. The number of carbonyl (C=O) groups is 2. The van der Waals surface area contributed by atoms with E-state index in [4.69, 9.17) is 10.5 Å². The van der Waals surface area contributed by atoms with Crippen LogP contribution in [0.25, 0.3) is 10.8 Å². The van der Waals surface area contributed by atoms with Crippen molar-refractivity contribution < 1.29 is 19.4 Å². The molecule has 9 nitrogen and oxygen atoms in total. The Morgan fingerprint density at radius 2 is 1.78 bits per heavy atom. The van der Waals surface area contributed by atoms with Gasteiger partial charge in [0.1, 0.15) is 6.04 Å². The molecule has 0 bridgehead atoms. The van der Waals surface area contributed by atoms with E-state index < -0.39 is 18.1 Å². The quantitative estimate of drug-likeness (QED) is 0.137. The van der Waals surface area contributed by atoms with Gasteiger partial charge in [-0.3, -0.25) is 14.4 Å². The summed E-state index contributed by atoms with van der Waals surface area (Å²) in [4.78, 5) is 41.7. The average Bonchev–Trinajstić information content (AvgIpc) is 2.93. The molecule has 0 aliphatic heterocycles. The minimum absolute atomic E-state index is 0.0184. The number of ether oxygens (including phenoxy) is 1. The Labute approximate surface area is 238 Å². The molecule has 4 rings (SSSR count). The number of benzene rings is 3.